The molecule has 65 heavy (non-hydrogen) atoms. The summed E-state index contributed by atoms with van der Waals surface area (Å²) in [6.07, 6.45) is 5.29. The fraction of sp³-hybridized carbons (Fsp3) is 0.592. The molecule has 0 unspecified atom stereocenters. The van der Waals surface area contributed by atoms with Gasteiger partial charge in [-0.05, 0) is 100 Å². The zero-order valence-electron chi connectivity index (χ0n) is 39.6. The Morgan fingerprint density at radius 1 is 1.15 bits per heavy atom. The molecule has 6 atom stereocenters. The zero-order valence-corrected chi connectivity index (χ0v) is 40.4. The second kappa shape index (κ2) is 18.9. The molecular formula is C49H67N9O6S. The van der Waals surface area contributed by atoms with Crippen molar-refractivity contribution in [1.29, 1.82) is 0 Å². The van der Waals surface area contributed by atoms with Gasteiger partial charge in [0.2, 0.25) is 5.91 Å². The third kappa shape index (κ3) is 9.21. The number of ether oxygens (including phenoxy) is 2. The summed E-state index contributed by atoms with van der Waals surface area (Å²) >= 11 is 1.44. The molecular weight excluding hydrogens is 843 g/mol. The summed E-state index contributed by atoms with van der Waals surface area (Å²) in [5.74, 6) is -0.573. The van der Waals surface area contributed by atoms with Crippen LogP contribution in [-0.4, -0.2) is 143 Å². The lowest BCUT2D eigenvalue weighted by Gasteiger charge is -2.54. The molecule has 1 aromatic carbocycles. The number of benzene rings is 1. The maximum atomic E-state index is 14.8. The number of nitrogens with one attached hydrogen (secondary N) is 2. The molecule has 2 N–H and O–H groups in total. The maximum absolute atomic E-state index is 14.8. The number of nitrogens with zero attached hydrogens (tertiary/aromatic N) is 7. The van der Waals surface area contributed by atoms with Crippen LogP contribution in [0.4, 0.5) is 4.79 Å². The van der Waals surface area contributed by atoms with Crippen LogP contribution in [0.1, 0.15) is 83.2 Å². The van der Waals surface area contributed by atoms with Gasteiger partial charge in [0.25, 0.3) is 5.91 Å². The number of thiazole rings is 1. The van der Waals surface area contributed by atoms with E-state index in [4.69, 9.17) is 19.4 Å². The number of fused-ring (bicyclic) bond motifs is 7. The summed E-state index contributed by atoms with van der Waals surface area (Å²) in [4.78, 5) is 72.1. The highest BCUT2D eigenvalue weighted by molar-refractivity contribution is 7.10. The standard InChI is InChI=1S/C49H67N9O6S/c1-10-56-39-15-14-32-21-35(39)36(44(56)34-13-11-18-50-42(34)31(4)63-9)23-48(5,6)28-64-29-49(27-59)17-12-19-58(53-49)46(61)37(22-41-51-38(32)26-65-41)52-45(60)43(30(2)3)55(8)47(62)57-24-33-16-20-54(7)25-40(33)57/h11,13-15,18,21,26-27,30-31,33,37,40,43,53H,10,12,16-17,19-20,22-25,28-29H2,1-9H3,(H,52,60)/t31-,33-,37-,40-,43-,49-/m0/s1. The molecule has 3 aromatic heterocycles. The van der Waals surface area contributed by atoms with Gasteiger partial charge in [0.15, 0.2) is 0 Å². The quantitative estimate of drug-likeness (QED) is 0.193. The molecule has 0 radical (unpaired) electrons. The molecule has 6 bridgehead atoms. The van der Waals surface area contributed by atoms with E-state index in [0.717, 1.165) is 77.0 Å². The monoisotopic (exact) mass is 909 g/mol. The topological polar surface area (TPSA) is 154 Å². The molecule has 0 saturated carbocycles. The highest BCUT2D eigenvalue weighted by Crippen LogP contribution is 2.42. The Morgan fingerprint density at radius 3 is 2.69 bits per heavy atom. The van der Waals surface area contributed by atoms with Crippen molar-refractivity contribution in [2.75, 3.05) is 60.6 Å². The smallest absolute Gasteiger partial charge is 0.320 e. The van der Waals surface area contributed by atoms with E-state index in [1.54, 1.807) is 19.1 Å². The normalized spacial score (nSPS) is 24.8. The maximum Gasteiger partial charge on any atom is 0.320 e. The fourth-order valence-corrected chi connectivity index (χ4v) is 11.4. The van der Waals surface area contributed by atoms with E-state index in [-0.39, 0.29) is 48.4 Å². The number of carbonyl (C=O) groups excluding carboxylic acids is 4. The van der Waals surface area contributed by atoms with Gasteiger partial charge in [0.1, 0.15) is 23.9 Å². The molecule has 7 heterocycles. The van der Waals surface area contributed by atoms with E-state index >= 15 is 0 Å². The number of hydrazine groups is 1. The zero-order chi connectivity index (χ0) is 46.4. The SMILES string of the molecule is CCn1c(-c2cccnc2[C@H](C)OC)c2c3cc(ccc31)-c1csc(n1)C[C@H](NC(=O)[C@H](C(C)C)N(C)C(=O)N1C[C@@H]3CCN(C)C[C@@H]31)C(=O)N1CCC[C@](C=O)(COCC(C)(C)C2)N1. The molecule has 3 saturated heterocycles. The van der Waals surface area contributed by atoms with Gasteiger partial charge in [-0.2, -0.15) is 0 Å². The lowest BCUT2D eigenvalue weighted by molar-refractivity contribution is -0.147. The molecule has 4 amide bonds. The van der Waals surface area contributed by atoms with E-state index < -0.39 is 23.5 Å². The van der Waals surface area contributed by atoms with Crippen LogP contribution < -0.4 is 10.7 Å². The average molecular weight is 910 g/mol. The molecule has 3 fully saturated rings. The van der Waals surface area contributed by atoms with E-state index in [0.29, 0.717) is 49.9 Å². The number of hydrogen-bond acceptors (Lipinski definition) is 11. The number of rotatable bonds is 9. The third-order valence-electron chi connectivity index (χ3n) is 14.1. The number of urea groups is 1. The molecule has 4 aliphatic rings. The third-order valence-corrected chi connectivity index (χ3v) is 15.0. The van der Waals surface area contributed by atoms with Crippen LogP contribution in [0.15, 0.2) is 41.9 Å². The van der Waals surface area contributed by atoms with Crippen LogP contribution in [0.3, 0.4) is 0 Å². The van der Waals surface area contributed by atoms with Crippen molar-refractivity contribution < 1.29 is 28.7 Å². The minimum absolute atomic E-state index is 0.0544. The Balaban J connectivity index is 1.17. The Bertz CT molecular complexity index is 2410. The van der Waals surface area contributed by atoms with E-state index in [1.807, 2.05) is 43.3 Å². The number of aromatic nitrogens is 3. The van der Waals surface area contributed by atoms with Gasteiger partial charge < -0.3 is 38.9 Å². The number of likely N-dealkylation sites (N-methyl/N-ethyl adjacent to an activating group) is 2. The summed E-state index contributed by atoms with van der Waals surface area (Å²) in [6, 6.07) is 8.64. The highest BCUT2D eigenvalue weighted by Gasteiger charge is 2.47. The van der Waals surface area contributed by atoms with Crippen molar-refractivity contribution in [1.82, 2.24) is 45.0 Å². The number of likely N-dealkylation sites (tertiary alicyclic amines) is 2. The average Bonchev–Trinajstić information content (AvgIpc) is 3.87. The van der Waals surface area contributed by atoms with Crippen molar-refractivity contribution in [3.63, 3.8) is 0 Å². The molecule has 8 rings (SSSR count). The first-order chi connectivity index (χ1) is 31.1. The van der Waals surface area contributed by atoms with Gasteiger partial charge in [-0.15, -0.1) is 11.3 Å². The second-order valence-electron chi connectivity index (χ2n) is 19.9. The van der Waals surface area contributed by atoms with Gasteiger partial charge in [-0.3, -0.25) is 19.6 Å². The van der Waals surface area contributed by atoms with Gasteiger partial charge >= 0.3 is 6.03 Å². The lowest BCUT2D eigenvalue weighted by atomic mass is 9.82. The van der Waals surface area contributed by atoms with Crippen molar-refractivity contribution in [3.8, 4) is 22.5 Å². The van der Waals surface area contributed by atoms with Gasteiger partial charge in [-0.25, -0.2) is 15.2 Å². The number of pyridine rings is 1. The first kappa shape index (κ1) is 46.8. The summed E-state index contributed by atoms with van der Waals surface area (Å²) in [5.41, 5.74) is 8.63. The molecule has 4 aromatic rings. The van der Waals surface area contributed by atoms with E-state index in [1.165, 1.54) is 16.3 Å². The largest absolute Gasteiger partial charge is 0.378 e. The number of amides is 4. The minimum Gasteiger partial charge on any atom is -0.378 e. The Morgan fingerprint density at radius 2 is 1.95 bits per heavy atom. The fourth-order valence-electron chi connectivity index (χ4n) is 10.6. The molecule has 15 nitrogen and oxygen atoms in total. The number of aldehydes is 1. The Hall–Kier alpha value is -4.74. The van der Waals surface area contributed by atoms with Crippen LogP contribution in [-0.2, 0) is 43.2 Å². The van der Waals surface area contributed by atoms with Crippen LogP contribution in [0.5, 0.6) is 0 Å². The van der Waals surface area contributed by atoms with Crippen LogP contribution in [0.2, 0.25) is 0 Å². The first-order valence-corrected chi connectivity index (χ1v) is 24.2. The van der Waals surface area contributed by atoms with E-state index in [9.17, 15) is 19.2 Å². The van der Waals surface area contributed by atoms with Gasteiger partial charge in [0, 0.05) is 80.4 Å². The predicted molar refractivity (Wildman–Crippen MR) is 252 cm³/mol. The molecule has 0 spiro atoms. The van der Waals surface area contributed by atoms with Crippen LogP contribution >= 0.6 is 11.3 Å². The summed E-state index contributed by atoms with van der Waals surface area (Å²) in [6.45, 7) is 16.3. The number of carbonyl (C=O) groups is 4. The Labute approximate surface area is 387 Å². The van der Waals surface area contributed by atoms with E-state index in [2.05, 4.69) is 72.3 Å². The van der Waals surface area contributed by atoms with Gasteiger partial charge in [-0.1, -0.05) is 33.8 Å². The van der Waals surface area contributed by atoms with Gasteiger partial charge in [0.05, 0.1) is 47.4 Å². The number of piperidine rings is 1. The molecule has 16 heteroatoms. The summed E-state index contributed by atoms with van der Waals surface area (Å²) < 4.78 is 14.7. The summed E-state index contributed by atoms with van der Waals surface area (Å²) in [7, 11) is 5.47. The summed E-state index contributed by atoms with van der Waals surface area (Å²) in [5, 5.41) is 8.34. The van der Waals surface area contributed by atoms with Crippen LogP contribution in [0, 0.1) is 17.3 Å². The van der Waals surface area contributed by atoms with Crippen molar-refractivity contribution >= 4 is 46.4 Å². The van der Waals surface area contributed by atoms with Crippen LogP contribution in [0.25, 0.3) is 33.4 Å². The number of aryl methyl sites for hydroxylation is 1. The molecule has 0 aliphatic carbocycles. The molecule has 4 aliphatic heterocycles. The van der Waals surface area contributed by atoms with Crippen molar-refractivity contribution in [3.05, 3.63) is 58.2 Å². The number of hydrogen-bond donors (Lipinski definition) is 2. The minimum atomic E-state index is -1.16. The number of methoxy groups -OCH3 is 1. The first-order valence-electron chi connectivity index (χ1n) is 23.3. The highest BCUT2D eigenvalue weighted by atomic mass is 32.1. The molecule has 350 valence electrons. The predicted octanol–water partition coefficient (Wildman–Crippen LogP) is 5.96. The second-order valence-corrected chi connectivity index (χ2v) is 20.9. The lowest BCUT2D eigenvalue weighted by Crippen LogP contribution is -2.69. The van der Waals surface area contributed by atoms with Crippen molar-refractivity contribution in [2.45, 2.75) is 110 Å². The Kier molecular flexibility index (Phi) is 13.6. The van der Waals surface area contributed by atoms with Crippen molar-refractivity contribution in [2.24, 2.45) is 17.3 Å².